The number of aliphatic imine (C=N–C) groups is 3. The number of aliphatic hydroxyl groups is 2. The molecule has 0 radical (unpaired) electrons. The average molecular weight is 543 g/mol. The first kappa shape index (κ1) is 27.0. The molecule has 0 aromatic carbocycles. The highest BCUT2D eigenvalue weighted by Crippen LogP contribution is 2.38. The highest BCUT2D eigenvalue weighted by molar-refractivity contribution is 6.17. The molecular formula is C30H30N4O6. The molecule has 0 amide bonds. The van der Waals surface area contributed by atoms with Crippen LogP contribution in [0.25, 0.3) is 0 Å². The Bertz CT molecular complexity index is 1620. The molecule has 0 aromatic heterocycles. The first-order valence-corrected chi connectivity index (χ1v) is 12.9. The summed E-state index contributed by atoms with van der Waals surface area (Å²) in [5, 5.41) is 43.9. The third-order valence-corrected chi connectivity index (χ3v) is 7.60. The monoisotopic (exact) mass is 542 g/mol. The minimum absolute atomic E-state index is 0.0737. The molecule has 0 aromatic rings. The summed E-state index contributed by atoms with van der Waals surface area (Å²) >= 11 is 0. The molecule has 5 heterocycles. The lowest BCUT2D eigenvalue weighted by Gasteiger charge is -2.18. The van der Waals surface area contributed by atoms with Crippen LogP contribution >= 0.6 is 0 Å². The van der Waals surface area contributed by atoms with Crippen LogP contribution in [0.5, 0.6) is 0 Å². The third-order valence-electron chi connectivity index (χ3n) is 7.60. The summed E-state index contributed by atoms with van der Waals surface area (Å²) in [5.41, 5.74) is 6.28. The van der Waals surface area contributed by atoms with Crippen LogP contribution in [-0.4, -0.2) is 55.1 Å². The number of nitrogens with one attached hydrogen (secondary N) is 1. The Labute approximate surface area is 231 Å². The maximum Gasteiger partial charge on any atom is 0.303 e. The summed E-state index contributed by atoms with van der Waals surface area (Å²) in [6.07, 6.45) is 9.09. The van der Waals surface area contributed by atoms with E-state index >= 15 is 0 Å². The standard InChI is InChI=1S/C30H30N4O6/c1-14-9-17-10-21-15(2)18(5-7-27(35)36)23(32-21)12-24-19(6-8-28(37)38)16(3)22(33-24)13-26-30(4,40)29(39)25(34-26)11-20(14)31-17/h9-13,34,39-40H,5-8H2,1-4H3,(H,35,36)(H,37,38). The number of fused-ring (bicyclic) bond motifs is 5. The molecule has 1 atom stereocenters. The lowest BCUT2D eigenvalue weighted by molar-refractivity contribution is -0.137. The Balaban J connectivity index is 1.73. The van der Waals surface area contributed by atoms with Crippen molar-refractivity contribution in [3.8, 4) is 0 Å². The summed E-state index contributed by atoms with van der Waals surface area (Å²) in [4.78, 5) is 37.2. The molecule has 40 heavy (non-hydrogen) atoms. The topological polar surface area (TPSA) is 164 Å². The Morgan fingerprint density at radius 2 is 1.45 bits per heavy atom. The largest absolute Gasteiger partial charge is 0.507 e. The summed E-state index contributed by atoms with van der Waals surface area (Å²) < 4.78 is 0. The first-order chi connectivity index (χ1) is 18.8. The van der Waals surface area contributed by atoms with Gasteiger partial charge in [0, 0.05) is 12.8 Å². The van der Waals surface area contributed by atoms with E-state index in [1.807, 2.05) is 32.9 Å². The molecule has 1 unspecified atom stereocenters. The zero-order valence-corrected chi connectivity index (χ0v) is 22.7. The van der Waals surface area contributed by atoms with Gasteiger partial charge in [0.25, 0.3) is 0 Å². The molecule has 5 rings (SSSR count). The van der Waals surface area contributed by atoms with Crippen LogP contribution in [-0.2, 0) is 9.59 Å². The molecule has 8 bridgehead atoms. The van der Waals surface area contributed by atoms with Gasteiger partial charge in [0.05, 0.1) is 45.6 Å². The molecular weight excluding hydrogens is 512 g/mol. The van der Waals surface area contributed by atoms with Gasteiger partial charge in [-0.2, -0.15) is 0 Å². The molecule has 0 saturated heterocycles. The van der Waals surface area contributed by atoms with Crippen molar-refractivity contribution in [3.05, 3.63) is 92.5 Å². The lowest BCUT2D eigenvalue weighted by Crippen LogP contribution is -2.29. The molecule has 206 valence electrons. The molecule has 10 heteroatoms. The summed E-state index contributed by atoms with van der Waals surface area (Å²) in [6, 6.07) is 0. The summed E-state index contributed by atoms with van der Waals surface area (Å²) in [5.74, 6) is -2.12. The van der Waals surface area contributed by atoms with Crippen molar-refractivity contribution in [1.82, 2.24) is 5.32 Å². The van der Waals surface area contributed by atoms with E-state index in [4.69, 9.17) is 9.98 Å². The number of aliphatic hydroxyl groups excluding tert-OH is 1. The molecule has 10 nitrogen and oxygen atoms in total. The fraction of sp³-hybridized carbons (Fsp3) is 0.300. The Morgan fingerprint density at radius 3 is 2.12 bits per heavy atom. The third kappa shape index (κ3) is 4.82. The van der Waals surface area contributed by atoms with Gasteiger partial charge in [0.15, 0.2) is 11.4 Å². The maximum absolute atomic E-state index is 11.4. The van der Waals surface area contributed by atoms with Crippen molar-refractivity contribution in [2.24, 2.45) is 15.0 Å². The molecule has 0 aliphatic carbocycles. The fourth-order valence-electron chi connectivity index (χ4n) is 5.19. The summed E-state index contributed by atoms with van der Waals surface area (Å²) in [6.45, 7) is 7.09. The van der Waals surface area contributed by atoms with Crippen molar-refractivity contribution < 1.29 is 30.0 Å². The van der Waals surface area contributed by atoms with Gasteiger partial charge in [-0.1, -0.05) is 0 Å². The van der Waals surface area contributed by atoms with Gasteiger partial charge in [-0.3, -0.25) is 9.59 Å². The quantitative estimate of drug-likeness (QED) is 0.333. The molecule has 0 saturated carbocycles. The van der Waals surface area contributed by atoms with Crippen molar-refractivity contribution in [3.63, 3.8) is 0 Å². The molecule has 5 aliphatic rings. The van der Waals surface area contributed by atoms with Crippen LogP contribution in [0.1, 0.15) is 53.4 Å². The number of rotatable bonds is 6. The van der Waals surface area contributed by atoms with Crippen LogP contribution in [0.4, 0.5) is 0 Å². The zero-order valence-electron chi connectivity index (χ0n) is 22.7. The van der Waals surface area contributed by atoms with E-state index < -0.39 is 17.5 Å². The number of carboxylic acid groups (broad SMARTS) is 2. The first-order valence-electron chi connectivity index (χ1n) is 12.9. The smallest absolute Gasteiger partial charge is 0.303 e. The minimum Gasteiger partial charge on any atom is -0.507 e. The fourth-order valence-corrected chi connectivity index (χ4v) is 5.19. The second-order valence-electron chi connectivity index (χ2n) is 10.5. The number of allylic oxidation sites excluding steroid dienone is 10. The van der Waals surface area contributed by atoms with E-state index in [1.54, 1.807) is 18.2 Å². The van der Waals surface area contributed by atoms with E-state index in [0.29, 0.717) is 51.2 Å². The SMILES string of the molecule is CC1=CC2=NC1=CC1=C(O)C(C)(O)C(=CC3=NC(=CC4=NC(=C2)C(C)=C4CCC(=O)O)C(CCC(=O)O)=C3C)N1. The molecule has 5 N–H and O–H groups in total. The van der Waals surface area contributed by atoms with E-state index in [0.717, 1.165) is 22.3 Å². The number of carbonyl (C=O) groups is 2. The highest BCUT2D eigenvalue weighted by atomic mass is 16.4. The second kappa shape index (κ2) is 9.87. The number of carboxylic acids is 2. The van der Waals surface area contributed by atoms with Crippen LogP contribution in [0.15, 0.2) is 107 Å². The van der Waals surface area contributed by atoms with E-state index in [1.165, 1.54) is 6.92 Å². The van der Waals surface area contributed by atoms with Crippen molar-refractivity contribution in [2.75, 3.05) is 0 Å². The predicted molar refractivity (Wildman–Crippen MR) is 151 cm³/mol. The second-order valence-corrected chi connectivity index (χ2v) is 10.5. The van der Waals surface area contributed by atoms with Gasteiger partial charge in [0.2, 0.25) is 0 Å². The van der Waals surface area contributed by atoms with Crippen molar-refractivity contribution in [2.45, 2.75) is 59.0 Å². The van der Waals surface area contributed by atoms with Crippen LogP contribution in [0.3, 0.4) is 0 Å². The van der Waals surface area contributed by atoms with Crippen LogP contribution in [0.2, 0.25) is 0 Å². The number of hydrogen-bond donors (Lipinski definition) is 5. The van der Waals surface area contributed by atoms with Gasteiger partial charge in [-0.05, 0) is 98.8 Å². The normalized spacial score (nSPS) is 23.7. The Kier molecular flexibility index (Phi) is 6.67. The average Bonchev–Trinajstić information content (AvgIpc) is 3.52. The van der Waals surface area contributed by atoms with Gasteiger partial charge < -0.3 is 25.7 Å². The van der Waals surface area contributed by atoms with Gasteiger partial charge in [-0.25, -0.2) is 15.0 Å². The number of nitrogens with zero attached hydrogens (tertiary/aromatic N) is 3. The zero-order chi connectivity index (χ0) is 28.9. The summed E-state index contributed by atoms with van der Waals surface area (Å²) in [7, 11) is 0. The van der Waals surface area contributed by atoms with E-state index in [9.17, 15) is 30.0 Å². The van der Waals surface area contributed by atoms with Crippen LogP contribution < -0.4 is 5.32 Å². The van der Waals surface area contributed by atoms with Crippen molar-refractivity contribution >= 4 is 29.1 Å². The molecule has 5 aliphatic heterocycles. The Morgan fingerprint density at radius 1 is 0.800 bits per heavy atom. The van der Waals surface area contributed by atoms with Crippen LogP contribution in [0, 0.1) is 0 Å². The number of aliphatic carboxylic acids is 2. The van der Waals surface area contributed by atoms with Gasteiger partial charge in [-0.15, -0.1) is 0 Å². The minimum atomic E-state index is -1.71. The highest BCUT2D eigenvalue weighted by Gasteiger charge is 2.40. The van der Waals surface area contributed by atoms with E-state index in [2.05, 4.69) is 10.3 Å². The van der Waals surface area contributed by atoms with Gasteiger partial charge >= 0.3 is 11.9 Å². The van der Waals surface area contributed by atoms with Gasteiger partial charge in [0.1, 0.15) is 0 Å². The number of hydrogen-bond acceptors (Lipinski definition) is 8. The molecule has 0 spiro atoms. The molecule has 0 fully saturated rings. The Hall–Kier alpha value is -4.57. The maximum atomic E-state index is 11.4. The lowest BCUT2D eigenvalue weighted by atomic mass is 9.96. The predicted octanol–water partition coefficient (Wildman–Crippen LogP) is 4.33. The van der Waals surface area contributed by atoms with E-state index in [-0.39, 0.29) is 31.4 Å². The van der Waals surface area contributed by atoms with Crippen molar-refractivity contribution in [1.29, 1.82) is 0 Å².